The first-order valence-electron chi connectivity index (χ1n) is 7.93. The number of likely N-dealkylation sites (tertiary alicyclic amines) is 1. The van der Waals surface area contributed by atoms with Crippen molar-refractivity contribution >= 4 is 5.97 Å². The molecule has 4 heteroatoms. The molecule has 21 heavy (non-hydrogen) atoms. The molecule has 2 N–H and O–H groups in total. The van der Waals surface area contributed by atoms with Gasteiger partial charge in [-0.25, -0.2) is 0 Å². The number of piperidine rings is 1. The summed E-state index contributed by atoms with van der Waals surface area (Å²) in [5, 5.41) is 12.5. The predicted molar refractivity (Wildman–Crippen MR) is 84.3 cm³/mol. The first-order valence-corrected chi connectivity index (χ1v) is 7.93. The molecular formula is C17H26N2O2. The van der Waals surface area contributed by atoms with Crippen LogP contribution in [0.4, 0.5) is 0 Å². The Hall–Kier alpha value is -1.39. The maximum atomic E-state index is 11.4. The van der Waals surface area contributed by atoms with E-state index < -0.39 is 12.0 Å². The number of carboxylic acids is 1. The Morgan fingerprint density at radius 1 is 1.38 bits per heavy atom. The molecule has 0 saturated carbocycles. The molecule has 0 bridgehead atoms. The van der Waals surface area contributed by atoms with Crippen LogP contribution < -0.4 is 5.32 Å². The lowest BCUT2D eigenvalue weighted by Crippen LogP contribution is -2.39. The van der Waals surface area contributed by atoms with Gasteiger partial charge in [0.1, 0.15) is 6.04 Å². The van der Waals surface area contributed by atoms with Crippen molar-refractivity contribution < 1.29 is 9.90 Å². The summed E-state index contributed by atoms with van der Waals surface area (Å²) in [6, 6.07) is 9.44. The van der Waals surface area contributed by atoms with Crippen molar-refractivity contribution in [3.05, 3.63) is 35.9 Å². The molecule has 1 saturated heterocycles. The van der Waals surface area contributed by atoms with Gasteiger partial charge in [0, 0.05) is 6.04 Å². The summed E-state index contributed by atoms with van der Waals surface area (Å²) in [7, 11) is 0. The van der Waals surface area contributed by atoms with E-state index in [4.69, 9.17) is 0 Å². The van der Waals surface area contributed by atoms with Crippen molar-refractivity contribution in [2.24, 2.45) is 0 Å². The van der Waals surface area contributed by atoms with Crippen LogP contribution in [-0.2, 0) is 4.79 Å². The highest BCUT2D eigenvalue weighted by molar-refractivity contribution is 5.75. The standard InChI is InChI=1S/C17H26N2O2/c1-14-8-5-6-12-19(14)13-7-11-18-16(17(20)21)15-9-3-2-4-10-15/h2-4,9-10,14,16,18H,5-8,11-13H2,1H3,(H,20,21). The van der Waals surface area contributed by atoms with Crippen molar-refractivity contribution in [3.63, 3.8) is 0 Å². The van der Waals surface area contributed by atoms with Crippen molar-refractivity contribution in [2.45, 2.75) is 44.7 Å². The van der Waals surface area contributed by atoms with Gasteiger partial charge in [0.15, 0.2) is 0 Å². The molecule has 0 aliphatic carbocycles. The van der Waals surface area contributed by atoms with E-state index in [-0.39, 0.29) is 0 Å². The van der Waals surface area contributed by atoms with Crippen LogP contribution in [0.15, 0.2) is 30.3 Å². The zero-order chi connectivity index (χ0) is 15.1. The van der Waals surface area contributed by atoms with Gasteiger partial charge < -0.3 is 15.3 Å². The Kier molecular flexibility index (Phi) is 6.21. The average molecular weight is 290 g/mol. The number of nitrogens with one attached hydrogen (secondary N) is 1. The minimum absolute atomic E-state index is 0.607. The smallest absolute Gasteiger partial charge is 0.325 e. The van der Waals surface area contributed by atoms with Crippen LogP contribution in [0.2, 0.25) is 0 Å². The minimum atomic E-state index is -0.812. The molecule has 2 atom stereocenters. The molecule has 1 aromatic rings. The number of benzene rings is 1. The maximum absolute atomic E-state index is 11.4. The number of carbonyl (C=O) groups is 1. The lowest BCUT2D eigenvalue weighted by molar-refractivity contribution is -0.139. The van der Waals surface area contributed by atoms with E-state index >= 15 is 0 Å². The van der Waals surface area contributed by atoms with Crippen LogP contribution in [0.25, 0.3) is 0 Å². The van der Waals surface area contributed by atoms with E-state index in [1.807, 2.05) is 30.3 Å². The zero-order valence-electron chi connectivity index (χ0n) is 12.8. The normalized spacial score (nSPS) is 21.1. The molecule has 0 aromatic heterocycles. The van der Waals surface area contributed by atoms with Gasteiger partial charge in [-0.1, -0.05) is 36.8 Å². The van der Waals surface area contributed by atoms with Gasteiger partial charge in [-0.05, 0) is 51.4 Å². The van der Waals surface area contributed by atoms with E-state index in [9.17, 15) is 9.90 Å². The average Bonchev–Trinajstić information content (AvgIpc) is 2.49. The van der Waals surface area contributed by atoms with E-state index in [1.54, 1.807) is 0 Å². The molecule has 4 nitrogen and oxygen atoms in total. The molecule has 1 aliphatic rings. The Balaban J connectivity index is 1.76. The topological polar surface area (TPSA) is 52.6 Å². The number of rotatable bonds is 7. The summed E-state index contributed by atoms with van der Waals surface area (Å²) in [6.07, 6.45) is 4.90. The summed E-state index contributed by atoms with van der Waals surface area (Å²) in [5.41, 5.74) is 0.816. The summed E-state index contributed by atoms with van der Waals surface area (Å²) in [4.78, 5) is 13.9. The van der Waals surface area contributed by atoms with Crippen molar-refractivity contribution in [1.82, 2.24) is 10.2 Å². The van der Waals surface area contributed by atoms with Crippen LogP contribution in [-0.4, -0.2) is 41.7 Å². The van der Waals surface area contributed by atoms with E-state index in [0.717, 1.165) is 25.1 Å². The molecule has 0 amide bonds. The molecule has 2 unspecified atom stereocenters. The minimum Gasteiger partial charge on any atom is -0.480 e. The highest BCUT2D eigenvalue weighted by Gasteiger charge is 2.20. The Morgan fingerprint density at radius 3 is 2.81 bits per heavy atom. The van der Waals surface area contributed by atoms with Gasteiger partial charge in [-0.15, -0.1) is 0 Å². The van der Waals surface area contributed by atoms with E-state index in [1.165, 1.54) is 25.8 Å². The summed E-state index contributed by atoms with van der Waals surface area (Å²) >= 11 is 0. The third-order valence-electron chi connectivity index (χ3n) is 4.29. The van der Waals surface area contributed by atoms with E-state index in [0.29, 0.717) is 6.04 Å². The second-order valence-electron chi connectivity index (χ2n) is 5.87. The number of hydrogen-bond donors (Lipinski definition) is 2. The monoisotopic (exact) mass is 290 g/mol. The van der Waals surface area contributed by atoms with Gasteiger partial charge in [-0.3, -0.25) is 4.79 Å². The van der Waals surface area contributed by atoms with Crippen molar-refractivity contribution in [3.8, 4) is 0 Å². The maximum Gasteiger partial charge on any atom is 0.325 e. The Bertz CT molecular complexity index is 436. The van der Waals surface area contributed by atoms with Crippen LogP contribution in [0.1, 0.15) is 44.2 Å². The van der Waals surface area contributed by atoms with Gasteiger partial charge in [0.25, 0.3) is 0 Å². The number of nitrogens with zero attached hydrogens (tertiary/aromatic N) is 1. The summed E-state index contributed by atoms with van der Waals surface area (Å²) in [6.45, 7) is 5.25. The number of carboxylic acid groups (broad SMARTS) is 1. The van der Waals surface area contributed by atoms with Crippen LogP contribution in [0.5, 0.6) is 0 Å². The molecule has 1 fully saturated rings. The van der Waals surface area contributed by atoms with Crippen LogP contribution >= 0.6 is 0 Å². The fourth-order valence-corrected chi connectivity index (χ4v) is 3.01. The predicted octanol–water partition coefficient (Wildman–Crippen LogP) is 2.67. The Labute approximate surface area is 127 Å². The lowest BCUT2D eigenvalue weighted by atomic mass is 10.0. The summed E-state index contributed by atoms with van der Waals surface area (Å²) < 4.78 is 0. The van der Waals surface area contributed by atoms with Gasteiger partial charge in [-0.2, -0.15) is 0 Å². The third kappa shape index (κ3) is 4.83. The largest absolute Gasteiger partial charge is 0.480 e. The highest BCUT2D eigenvalue weighted by Crippen LogP contribution is 2.16. The quantitative estimate of drug-likeness (QED) is 0.758. The Morgan fingerprint density at radius 2 is 2.14 bits per heavy atom. The molecular weight excluding hydrogens is 264 g/mol. The molecule has 2 rings (SSSR count). The number of hydrogen-bond acceptors (Lipinski definition) is 3. The molecule has 1 heterocycles. The fourth-order valence-electron chi connectivity index (χ4n) is 3.01. The van der Waals surface area contributed by atoms with Crippen LogP contribution in [0.3, 0.4) is 0 Å². The highest BCUT2D eigenvalue weighted by atomic mass is 16.4. The van der Waals surface area contributed by atoms with E-state index in [2.05, 4.69) is 17.1 Å². The lowest BCUT2D eigenvalue weighted by Gasteiger charge is -2.33. The van der Waals surface area contributed by atoms with Gasteiger partial charge in [0.05, 0.1) is 0 Å². The molecule has 0 radical (unpaired) electrons. The van der Waals surface area contributed by atoms with Gasteiger partial charge >= 0.3 is 5.97 Å². The molecule has 116 valence electrons. The third-order valence-corrected chi connectivity index (χ3v) is 4.29. The second-order valence-corrected chi connectivity index (χ2v) is 5.87. The first kappa shape index (κ1) is 16.0. The molecule has 1 aliphatic heterocycles. The van der Waals surface area contributed by atoms with Crippen molar-refractivity contribution in [2.75, 3.05) is 19.6 Å². The first-order chi connectivity index (χ1) is 10.2. The summed E-state index contributed by atoms with van der Waals surface area (Å²) in [5.74, 6) is -0.812. The zero-order valence-corrected chi connectivity index (χ0v) is 12.8. The number of aliphatic carboxylic acids is 1. The molecule has 1 aromatic carbocycles. The van der Waals surface area contributed by atoms with Crippen LogP contribution in [0, 0.1) is 0 Å². The molecule has 0 spiro atoms. The van der Waals surface area contributed by atoms with Crippen molar-refractivity contribution in [1.29, 1.82) is 0 Å². The van der Waals surface area contributed by atoms with Gasteiger partial charge in [0.2, 0.25) is 0 Å². The fraction of sp³-hybridized carbons (Fsp3) is 0.588. The SMILES string of the molecule is CC1CCCCN1CCCNC(C(=O)O)c1ccccc1. The second kappa shape index (κ2) is 8.15.